The quantitative estimate of drug-likeness (QED) is 0.607. The average Bonchev–Trinajstić information content (AvgIpc) is 2.31. The van der Waals surface area contributed by atoms with Crippen molar-refractivity contribution < 1.29 is 4.39 Å². The highest BCUT2D eigenvalue weighted by Gasteiger charge is 2.12. The summed E-state index contributed by atoms with van der Waals surface area (Å²) in [5, 5.41) is 3.71. The summed E-state index contributed by atoms with van der Waals surface area (Å²) >= 11 is 5.99. The van der Waals surface area contributed by atoms with E-state index in [1.807, 2.05) is 13.0 Å². The molecule has 94 valence electrons. The van der Waals surface area contributed by atoms with Gasteiger partial charge in [-0.1, -0.05) is 29.8 Å². The molecule has 1 rings (SSSR count). The van der Waals surface area contributed by atoms with Gasteiger partial charge in [0.1, 0.15) is 5.82 Å². The van der Waals surface area contributed by atoms with Gasteiger partial charge < -0.3 is 11.1 Å². The summed E-state index contributed by atoms with van der Waals surface area (Å²) in [6.45, 7) is 3.23. The van der Waals surface area contributed by atoms with Crippen molar-refractivity contribution >= 4 is 11.6 Å². The SMILES string of the molecule is C/C=C/CCNC(CN)c1ccc(F)cc1Cl. The lowest BCUT2D eigenvalue weighted by molar-refractivity contribution is 0.546. The zero-order chi connectivity index (χ0) is 12.7. The van der Waals surface area contributed by atoms with Crippen LogP contribution in [0.25, 0.3) is 0 Å². The molecule has 0 saturated carbocycles. The third-order valence-electron chi connectivity index (χ3n) is 2.51. The van der Waals surface area contributed by atoms with Crippen LogP contribution in [-0.4, -0.2) is 13.1 Å². The average molecular weight is 257 g/mol. The van der Waals surface area contributed by atoms with Crippen molar-refractivity contribution in [1.82, 2.24) is 5.32 Å². The van der Waals surface area contributed by atoms with E-state index in [2.05, 4.69) is 11.4 Å². The number of allylic oxidation sites excluding steroid dienone is 1. The molecule has 0 spiro atoms. The summed E-state index contributed by atoms with van der Waals surface area (Å²) in [5.74, 6) is -0.330. The maximum absolute atomic E-state index is 12.9. The van der Waals surface area contributed by atoms with Crippen LogP contribution in [0.3, 0.4) is 0 Å². The number of benzene rings is 1. The van der Waals surface area contributed by atoms with Crippen LogP contribution in [0.1, 0.15) is 24.9 Å². The fourth-order valence-corrected chi connectivity index (χ4v) is 1.91. The number of hydrogen-bond donors (Lipinski definition) is 2. The first-order chi connectivity index (χ1) is 8.19. The van der Waals surface area contributed by atoms with Crippen LogP contribution < -0.4 is 11.1 Å². The molecule has 17 heavy (non-hydrogen) atoms. The molecular formula is C13H18ClFN2. The largest absolute Gasteiger partial charge is 0.329 e. The smallest absolute Gasteiger partial charge is 0.124 e. The van der Waals surface area contributed by atoms with E-state index in [1.165, 1.54) is 12.1 Å². The Balaban J connectivity index is 2.65. The fraction of sp³-hybridized carbons (Fsp3) is 0.385. The first-order valence-electron chi connectivity index (χ1n) is 5.68. The third-order valence-corrected chi connectivity index (χ3v) is 2.84. The maximum Gasteiger partial charge on any atom is 0.124 e. The lowest BCUT2D eigenvalue weighted by Crippen LogP contribution is -2.29. The molecule has 0 saturated heterocycles. The predicted octanol–water partition coefficient (Wildman–Crippen LogP) is 3.03. The summed E-state index contributed by atoms with van der Waals surface area (Å²) in [5.41, 5.74) is 6.54. The van der Waals surface area contributed by atoms with Gasteiger partial charge in [0.05, 0.1) is 0 Å². The van der Waals surface area contributed by atoms with Gasteiger partial charge in [0.2, 0.25) is 0 Å². The molecule has 0 aliphatic heterocycles. The van der Waals surface area contributed by atoms with E-state index >= 15 is 0 Å². The fourth-order valence-electron chi connectivity index (χ4n) is 1.61. The molecule has 3 N–H and O–H groups in total. The zero-order valence-corrected chi connectivity index (χ0v) is 10.7. The highest BCUT2D eigenvalue weighted by atomic mass is 35.5. The molecule has 0 aromatic heterocycles. The van der Waals surface area contributed by atoms with E-state index in [0.29, 0.717) is 11.6 Å². The van der Waals surface area contributed by atoms with E-state index in [9.17, 15) is 4.39 Å². The summed E-state index contributed by atoms with van der Waals surface area (Å²) < 4.78 is 12.9. The Morgan fingerprint density at radius 3 is 2.88 bits per heavy atom. The van der Waals surface area contributed by atoms with Gasteiger partial charge in [-0.15, -0.1) is 0 Å². The van der Waals surface area contributed by atoms with Crippen LogP contribution in [-0.2, 0) is 0 Å². The molecule has 0 aliphatic carbocycles. The minimum atomic E-state index is -0.330. The molecule has 4 heteroatoms. The Labute approximate surface area is 107 Å². The molecule has 0 radical (unpaired) electrons. The number of hydrogen-bond acceptors (Lipinski definition) is 2. The van der Waals surface area contributed by atoms with Crippen molar-refractivity contribution in [2.75, 3.05) is 13.1 Å². The van der Waals surface area contributed by atoms with Crippen LogP contribution in [0.4, 0.5) is 4.39 Å². The molecular weight excluding hydrogens is 239 g/mol. The Hall–Kier alpha value is -0.900. The Bertz CT molecular complexity index is 380. The van der Waals surface area contributed by atoms with E-state index < -0.39 is 0 Å². The van der Waals surface area contributed by atoms with Crippen molar-refractivity contribution in [2.45, 2.75) is 19.4 Å². The van der Waals surface area contributed by atoms with Crippen molar-refractivity contribution in [2.24, 2.45) is 5.73 Å². The highest BCUT2D eigenvalue weighted by molar-refractivity contribution is 6.31. The number of rotatable bonds is 6. The molecule has 1 unspecified atom stereocenters. The standard InChI is InChI=1S/C13H18ClFN2/c1-2-3-4-7-17-13(9-16)11-6-5-10(15)8-12(11)14/h2-3,5-6,8,13,17H,4,7,9,16H2,1H3/b3-2+. The summed E-state index contributed by atoms with van der Waals surface area (Å²) in [6.07, 6.45) is 5.02. The normalized spacial score (nSPS) is 13.2. The molecule has 2 nitrogen and oxygen atoms in total. The molecule has 0 bridgehead atoms. The molecule has 0 amide bonds. The van der Waals surface area contributed by atoms with E-state index in [-0.39, 0.29) is 11.9 Å². The second kappa shape index (κ2) is 7.43. The van der Waals surface area contributed by atoms with Crippen molar-refractivity contribution in [3.63, 3.8) is 0 Å². The minimum absolute atomic E-state index is 0.0339. The second-order valence-electron chi connectivity index (χ2n) is 3.77. The summed E-state index contributed by atoms with van der Waals surface area (Å²) in [4.78, 5) is 0. The lowest BCUT2D eigenvalue weighted by Gasteiger charge is -2.18. The number of nitrogens with one attached hydrogen (secondary N) is 1. The van der Waals surface area contributed by atoms with Gasteiger partial charge in [0, 0.05) is 17.6 Å². The third kappa shape index (κ3) is 4.46. The van der Waals surface area contributed by atoms with Gasteiger partial charge in [-0.2, -0.15) is 0 Å². The Kier molecular flexibility index (Phi) is 6.19. The Morgan fingerprint density at radius 2 is 2.29 bits per heavy atom. The minimum Gasteiger partial charge on any atom is -0.329 e. The topological polar surface area (TPSA) is 38.0 Å². The van der Waals surface area contributed by atoms with Crippen LogP contribution in [0, 0.1) is 5.82 Å². The molecule has 1 atom stereocenters. The van der Waals surface area contributed by atoms with Crippen molar-refractivity contribution in [3.8, 4) is 0 Å². The molecule has 1 aromatic rings. The van der Waals surface area contributed by atoms with Gasteiger partial charge >= 0.3 is 0 Å². The van der Waals surface area contributed by atoms with Gasteiger partial charge in [0.15, 0.2) is 0 Å². The molecule has 0 heterocycles. The van der Waals surface area contributed by atoms with Gasteiger partial charge in [-0.05, 0) is 37.6 Å². The molecule has 0 fully saturated rings. The summed E-state index contributed by atoms with van der Waals surface area (Å²) in [7, 11) is 0. The van der Waals surface area contributed by atoms with E-state index in [1.54, 1.807) is 6.07 Å². The highest BCUT2D eigenvalue weighted by Crippen LogP contribution is 2.23. The van der Waals surface area contributed by atoms with Crippen molar-refractivity contribution in [3.05, 3.63) is 46.8 Å². The maximum atomic E-state index is 12.9. The van der Waals surface area contributed by atoms with E-state index in [4.69, 9.17) is 17.3 Å². The lowest BCUT2D eigenvalue weighted by atomic mass is 10.1. The number of nitrogens with two attached hydrogens (primary N) is 1. The van der Waals surface area contributed by atoms with Crippen LogP contribution in [0.2, 0.25) is 5.02 Å². The predicted molar refractivity (Wildman–Crippen MR) is 70.6 cm³/mol. The second-order valence-corrected chi connectivity index (χ2v) is 4.17. The summed E-state index contributed by atoms with van der Waals surface area (Å²) in [6, 6.07) is 4.36. The Morgan fingerprint density at radius 1 is 1.53 bits per heavy atom. The van der Waals surface area contributed by atoms with Gasteiger partial charge in [-0.25, -0.2) is 4.39 Å². The monoisotopic (exact) mass is 256 g/mol. The van der Waals surface area contributed by atoms with Crippen molar-refractivity contribution in [1.29, 1.82) is 0 Å². The van der Waals surface area contributed by atoms with Gasteiger partial charge in [0.25, 0.3) is 0 Å². The molecule has 1 aromatic carbocycles. The van der Waals surface area contributed by atoms with Gasteiger partial charge in [-0.3, -0.25) is 0 Å². The van der Waals surface area contributed by atoms with Crippen LogP contribution >= 0.6 is 11.6 Å². The first kappa shape index (κ1) is 14.2. The van der Waals surface area contributed by atoms with E-state index in [0.717, 1.165) is 18.5 Å². The number of halogens is 2. The zero-order valence-electron chi connectivity index (χ0n) is 9.92. The van der Waals surface area contributed by atoms with Crippen LogP contribution in [0.5, 0.6) is 0 Å². The molecule has 0 aliphatic rings. The van der Waals surface area contributed by atoms with Crippen LogP contribution in [0.15, 0.2) is 30.4 Å². The first-order valence-corrected chi connectivity index (χ1v) is 6.06.